The Bertz CT molecular complexity index is 1760. The molecule has 0 aliphatic heterocycles. The smallest absolute Gasteiger partial charge is 0.326 e. The summed E-state index contributed by atoms with van der Waals surface area (Å²) in [5.74, 6) is -3.21. The van der Waals surface area contributed by atoms with E-state index in [0.717, 1.165) is 27.4 Å². The van der Waals surface area contributed by atoms with Gasteiger partial charge >= 0.3 is 5.97 Å². The van der Waals surface area contributed by atoms with Crippen molar-refractivity contribution in [3.05, 3.63) is 72.1 Å². The number of nitrogens with zero attached hydrogens (tertiary/aromatic N) is 1. The van der Waals surface area contributed by atoms with Crippen LogP contribution in [0.2, 0.25) is 0 Å². The number of benzene rings is 2. The maximum Gasteiger partial charge on any atom is 0.326 e. The van der Waals surface area contributed by atoms with Crippen LogP contribution < -0.4 is 38.9 Å². The Balaban J connectivity index is 1.47. The number of aliphatic carboxylic acids is 1. The molecule has 262 valence electrons. The fourth-order valence-electron chi connectivity index (χ4n) is 5.71. The number of nitrogens with two attached hydrogens (primary N) is 4. The Labute approximate surface area is 283 Å². The van der Waals surface area contributed by atoms with Gasteiger partial charge in [0.1, 0.15) is 18.1 Å². The summed E-state index contributed by atoms with van der Waals surface area (Å²) in [4.78, 5) is 63.1. The fourth-order valence-corrected chi connectivity index (χ4v) is 5.71. The number of amides is 3. The summed E-state index contributed by atoms with van der Waals surface area (Å²) >= 11 is 0. The van der Waals surface area contributed by atoms with Crippen LogP contribution >= 0.6 is 0 Å². The van der Waals surface area contributed by atoms with E-state index in [9.17, 15) is 24.3 Å². The molecule has 0 spiro atoms. The van der Waals surface area contributed by atoms with E-state index in [-0.39, 0.29) is 38.2 Å². The van der Waals surface area contributed by atoms with Gasteiger partial charge < -0.3 is 54.0 Å². The topological polar surface area (TPSA) is 273 Å². The minimum atomic E-state index is -1.29. The maximum absolute atomic E-state index is 13.7. The van der Waals surface area contributed by atoms with E-state index >= 15 is 0 Å². The number of hydrogen-bond acceptors (Lipinski definition) is 7. The van der Waals surface area contributed by atoms with Gasteiger partial charge in [0.2, 0.25) is 17.7 Å². The Morgan fingerprint density at radius 3 is 1.78 bits per heavy atom. The number of aromatic nitrogens is 2. The van der Waals surface area contributed by atoms with Gasteiger partial charge in [-0.1, -0.05) is 36.4 Å². The number of carbonyl (C=O) groups is 4. The molecule has 0 bridgehead atoms. The van der Waals surface area contributed by atoms with Crippen molar-refractivity contribution < 1.29 is 24.3 Å². The van der Waals surface area contributed by atoms with Crippen molar-refractivity contribution >= 4 is 51.5 Å². The van der Waals surface area contributed by atoms with Crippen LogP contribution in [0.25, 0.3) is 21.8 Å². The molecule has 4 atom stereocenters. The lowest BCUT2D eigenvalue weighted by Crippen LogP contribution is -2.57. The van der Waals surface area contributed by atoms with Crippen LogP contribution in [0.15, 0.2) is 65.9 Å². The highest BCUT2D eigenvalue weighted by Crippen LogP contribution is 2.20. The number of fused-ring (bicyclic) bond motifs is 2. The van der Waals surface area contributed by atoms with Crippen molar-refractivity contribution in [1.29, 1.82) is 0 Å². The van der Waals surface area contributed by atoms with Crippen molar-refractivity contribution in [3.8, 4) is 0 Å². The van der Waals surface area contributed by atoms with Crippen LogP contribution in [0.5, 0.6) is 0 Å². The number of nitrogens with one attached hydrogen (secondary N) is 5. The third-order valence-electron chi connectivity index (χ3n) is 8.32. The number of H-pyrrole nitrogens is 2. The SMILES string of the molecule is NCCCCC(NC(=O)C(N)Cc1c[nH]c2ccccc12)C(=O)NC(CCCN=C(N)N)C(=O)NC(Cc1c[nH]c2ccccc12)C(=O)O. The first-order valence-electron chi connectivity index (χ1n) is 16.3. The zero-order valence-electron chi connectivity index (χ0n) is 27.3. The van der Waals surface area contributed by atoms with Gasteiger partial charge in [0.15, 0.2) is 5.96 Å². The number of aromatic amines is 2. The highest BCUT2D eigenvalue weighted by molar-refractivity contribution is 5.94. The fraction of sp³-hybridized carbons (Fsp3) is 0.382. The number of hydrogen-bond donors (Lipinski definition) is 10. The first-order valence-corrected chi connectivity index (χ1v) is 16.3. The molecule has 49 heavy (non-hydrogen) atoms. The Morgan fingerprint density at radius 1 is 0.714 bits per heavy atom. The summed E-state index contributed by atoms with van der Waals surface area (Å²) in [6.45, 7) is 0.574. The van der Waals surface area contributed by atoms with Crippen molar-refractivity contribution in [1.82, 2.24) is 25.9 Å². The zero-order chi connectivity index (χ0) is 35.3. The van der Waals surface area contributed by atoms with Gasteiger partial charge in [0.25, 0.3) is 0 Å². The first kappa shape index (κ1) is 36.4. The molecule has 4 aromatic rings. The summed E-state index contributed by atoms with van der Waals surface area (Å²) in [7, 11) is 0. The molecule has 15 heteroatoms. The van der Waals surface area contributed by atoms with Crippen LogP contribution in [0.1, 0.15) is 43.2 Å². The van der Waals surface area contributed by atoms with Gasteiger partial charge in [0, 0.05) is 47.2 Å². The highest BCUT2D eigenvalue weighted by atomic mass is 16.4. The number of aliphatic imine (C=N–C) groups is 1. The monoisotopic (exact) mass is 674 g/mol. The van der Waals surface area contributed by atoms with Crippen molar-refractivity contribution in [2.24, 2.45) is 27.9 Å². The van der Waals surface area contributed by atoms with Crippen molar-refractivity contribution in [2.75, 3.05) is 13.1 Å². The van der Waals surface area contributed by atoms with E-state index in [1.165, 1.54) is 0 Å². The van der Waals surface area contributed by atoms with Gasteiger partial charge in [-0.15, -0.1) is 0 Å². The molecule has 3 amide bonds. The maximum atomic E-state index is 13.7. The van der Waals surface area contributed by atoms with E-state index in [1.807, 2.05) is 48.5 Å². The standard InChI is InChI=1S/C34H46N10O5/c35-14-6-5-12-27(42-30(45)24(36)16-20-18-40-25-10-3-1-8-22(20)25)31(46)43-28(13-7-15-39-34(37)38)32(47)44-29(33(48)49)17-21-19-41-26-11-4-2-9-23(21)26/h1-4,8-11,18-19,24,27-29,40-41H,5-7,12-17,35-36H2,(H,42,45)(H,43,46)(H,44,47)(H,48,49)(H4,37,38,39). The Morgan fingerprint density at radius 2 is 1.22 bits per heavy atom. The molecule has 2 aromatic carbocycles. The molecule has 0 fully saturated rings. The van der Waals surface area contributed by atoms with Crippen molar-refractivity contribution in [2.45, 2.75) is 69.1 Å². The molecule has 4 rings (SSSR count). The van der Waals surface area contributed by atoms with Gasteiger partial charge in [-0.25, -0.2) is 4.79 Å². The molecule has 2 heterocycles. The summed E-state index contributed by atoms with van der Waals surface area (Å²) in [5, 5.41) is 19.9. The third-order valence-corrected chi connectivity index (χ3v) is 8.32. The van der Waals surface area contributed by atoms with E-state index in [1.54, 1.807) is 12.4 Å². The quantitative estimate of drug-likeness (QED) is 0.0376. The lowest BCUT2D eigenvalue weighted by atomic mass is 10.0. The van der Waals surface area contributed by atoms with E-state index < -0.39 is 47.9 Å². The van der Waals surface area contributed by atoms with Gasteiger partial charge in [-0.05, 0) is 68.3 Å². The van der Waals surface area contributed by atoms with Gasteiger partial charge in [-0.3, -0.25) is 19.4 Å². The number of carboxylic acid groups (broad SMARTS) is 1. The van der Waals surface area contributed by atoms with Crippen LogP contribution in [0.3, 0.4) is 0 Å². The lowest BCUT2D eigenvalue weighted by molar-refractivity contribution is -0.142. The number of rotatable bonds is 19. The first-order chi connectivity index (χ1) is 23.6. The minimum Gasteiger partial charge on any atom is -0.480 e. The molecule has 0 saturated carbocycles. The third kappa shape index (κ3) is 10.3. The molecule has 15 nitrogen and oxygen atoms in total. The predicted octanol–water partition coefficient (Wildman–Crippen LogP) is 0.483. The molecule has 0 radical (unpaired) electrons. The van der Waals surface area contributed by atoms with Crippen LogP contribution in [-0.4, -0.2) is 82.0 Å². The van der Waals surface area contributed by atoms with Gasteiger partial charge in [0.05, 0.1) is 6.04 Å². The molecule has 2 aromatic heterocycles. The second kappa shape index (κ2) is 17.7. The largest absolute Gasteiger partial charge is 0.480 e. The average Bonchev–Trinajstić information content (AvgIpc) is 3.69. The minimum absolute atomic E-state index is 0.00580. The van der Waals surface area contributed by atoms with Crippen molar-refractivity contribution in [3.63, 3.8) is 0 Å². The Hall–Kier alpha value is -5.41. The molecule has 0 aliphatic rings. The second-order valence-corrected chi connectivity index (χ2v) is 12.0. The van der Waals surface area contributed by atoms with E-state index in [2.05, 4.69) is 30.9 Å². The molecule has 14 N–H and O–H groups in total. The average molecular weight is 675 g/mol. The molecule has 0 aliphatic carbocycles. The summed E-state index contributed by atoms with van der Waals surface area (Å²) < 4.78 is 0. The number of unbranched alkanes of at least 4 members (excludes halogenated alkanes) is 1. The molecular formula is C34H46N10O5. The van der Waals surface area contributed by atoms with Gasteiger partial charge in [-0.2, -0.15) is 0 Å². The van der Waals surface area contributed by atoms with E-state index in [0.29, 0.717) is 31.4 Å². The summed E-state index contributed by atoms with van der Waals surface area (Å²) in [6.07, 6.45) is 5.53. The number of carboxylic acids is 1. The molecular weight excluding hydrogens is 628 g/mol. The predicted molar refractivity (Wildman–Crippen MR) is 188 cm³/mol. The van der Waals surface area contributed by atoms with Crippen LogP contribution in [0, 0.1) is 0 Å². The zero-order valence-corrected chi connectivity index (χ0v) is 27.3. The number of guanidine groups is 1. The normalized spacial score (nSPS) is 13.7. The number of carbonyl (C=O) groups excluding carboxylic acids is 3. The van der Waals surface area contributed by atoms with Crippen LogP contribution in [0.4, 0.5) is 0 Å². The molecule has 4 unspecified atom stereocenters. The summed E-state index contributed by atoms with van der Waals surface area (Å²) in [6, 6.07) is 10.7. The Kier molecular flexibility index (Phi) is 13.1. The van der Waals surface area contributed by atoms with Crippen LogP contribution in [-0.2, 0) is 32.0 Å². The lowest BCUT2D eigenvalue weighted by Gasteiger charge is -2.25. The second-order valence-electron chi connectivity index (χ2n) is 12.0. The van der Waals surface area contributed by atoms with E-state index in [4.69, 9.17) is 22.9 Å². The summed E-state index contributed by atoms with van der Waals surface area (Å²) in [5.41, 5.74) is 26.2. The molecule has 0 saturated heterocycles. The highest BCUT2D eigenvalue weighted by Gasteiger charge is 2.30. The number of para-hydroxylation sites is 2.